The molecule has 5 nitrogen and oxygen atoms in total. The lowest BCUT2D eigenvalue weighted by Crippen LogP contribution is -2.33. The SMILES string of the molecule is CC(=N)/C(N)=N\C(C)NC(C)=NCc1ccsc1. The molecule has 4 N–H and O–H groups in total. The molecule has 0 bridgehead atoms. The molecule has 0 saturated carbocycles. The number of rotatable bonds is 5. The summed E-state index contributed by atoms with van der Waals surface area (Å²) < 4.78 is 0. The Morgan fingerprint density at radius 2 is 2.28 bits per heavy atom. The first-order valence-corrected chi connectivity index (χ1v) is 6.60. The fourth-order valence-electron chi connectivity index (χ4n) is 1.28. The standard InChI is InChI=1S/C12H19N5S/c1-8(13)12(14)17-10(3)16-9(2)15-6-11-4-5-18-7-11/h4-5,7,10,13H,6H2,1-3H3,(H2,14,17)(H,15,16). The molecule has 0 saturated heterocycles. The average Bonchev–Trinajstić information content (AvgIpc) is 2.78. The van der Waals surface area contributed by atoms with Crippen LogP contribution in [0.4, 0.5) is 0 Å². The van der Waals surface area contributed by atoms with E-state index in [9.17, 15) is 0 Å². The predicted molar refractivity (Wildman–Crippen MR) is 78.8 cm³/mol. The number of aliphatic imine (C=N–C) groups is 2. The fourth-order valence-corrected chi connectivity index (χ4v) is 1.94. The molecule has 0 aromatic carbocycles. The Kier molecular flexibility index (Phi) is 5.51. The van der Waals surface area contributed by atoms with Gasteiger partial charge in [0.1, 0.15) is 12.0 Å². The maximum atomic E-state index is 7.34. The third kappa shape index (κ3) is 5.09. The quantitative estimate of drug-likeness (QED) is 0.561. The number of nitrogens with one attached hydrogen (secondary N) is 2. The molecule has 0 amide bonds. The van der Waals surface area contributed by atoms with Gasteiger partial charge in [0.05, 0.1) is 18.1 Å². The van der Waals surface area contributed by atoms with E-state index in [1.165, 1.54) is 5.56 Å². The molecule has 1 aromatic rings. The van der Waals surface area contributed by atoms with Gasteiger partial charge in [-0.15, -0.1) is 0 Å². The highest BCUT2D eigenvalue weighted by Crippen LogP contribution is 2.06. The van der Waals surface area contributed by atoms with Gasteiger partial charge in [0.15, 0.2) is 0 Å². The van der Waals surface area contributed by atoms with Crippen LogP contribution in [0.2, 0.25) is 0 Å². The smallest absolute Gasteiger partial charge is 0.141 e. The molecule has 18 heavy (non-hydrogen) atoms. The van der Waals surface area contributed by atoms with Crippen LogP contribution in [-0.2, 0) is 6.54 Å². The van der Waals surface area contributed by atoms with Crippen molar-refractivity contribution in [2.24, 2.45) is 15.7 Å². The van der Waals surface area contributed by atoms with E-state index >= 15 is 0 Å². The summed E-state index contributed by atoms with van der Waals surface area (Å²) in [4.78, 5) is 8.55. The van der Waals surface area contributed by atoms with Crippen molar-refractivity contribution in [3.8, 4) is 0 Å². The van der Waals surface area contributed by atoms with Crippen LogP contribution < -0.4 is 11.1 Å². The van der Waals surface area contributed by atoms with E-state index in [0.29, 0.717) is 6.54 Å². The molecule has 1 aromatic heterocycles. The van der Waals surface area contributed by atoms with Crippen LogP contribution in [0.3, 0.4) is 0 Å². The van der Waals surface area contributed by atoms with Gasteiger partial charge in [0, 0.05) is 0 Å². The maximum Gasteiger partial charge on any atom is 0.141 e. The van der Waals surface area contributed by atoms with Crippen molar-refractivity contribution in [3.63, 3.8) is 0 Å². The van der Waals surface area contributed by atoms with E-state index in [1.54, 1.807) is 18.3 Å². The van der Waals surface area contributed by atoms with Crippen LogP contribution in [0.1, 0.15) is 26.3 Å². The average molecular weight is 265 g/mol. The Morgan fingerprint density at radius 1 is 1.56 bits per heavy atom. The fraction of sp³-hybridized carbons (Fsp3) is 0.417. The van der Waals surface area contributed by atoms with Crippen molar-refractivity contribution in [1.29, 1.82) is 5.41 Å². The Hall–Kier alpha value is -1.69. The van der Waals surface area contributed by atoms with E-state index in [2.05, 4.69) is 26.7 Å². The van der Waals surface area contributed by atoms with Crippen LogP contribution in [0.25, 0.3) is 0 Å². The van der Waals surface area contributed by atoms with Crippen LogP contribution in [0, 0.1) is 5.41 Å². The Balaban J connectivity index is 2.48. The van der Waals surface area contributed by atoms with Gasteiger partial charge in [-0.25, -0.2) is 4.99 Å². The lowest BCUT2D eigenvalue weighted by molar-refractivity contribution is 0.695. The number of hydrogen-bond donors (Lipinski definition) is 3. The van der Waals surface area contributed by atoms with E-state index in [0.717, 1.165) is 5.84 Å². The topological polar surface area (TPSA) is 86.6 Å². The summed E-state index contributed by atoms with van der Waals surface area (Å²) in [6.45, 7) is 6.05. The molecule has 1 unspecified atom stereocenters. The zero-order chi connectivity index (χ0) is 13.5. The van der Waals surface area contributed by atoms with Crippen molar-refractivity contribution < 1.29 is 0 Å². The van der Waals surface area contributed by atoms with Crippen molar-refractivity contribution in [1.82, 2.24) is 5.32 Å². The van der Waals surface area contributed by atoms with E-state index in [1.807, 2.05) is 19.2 Å². The predicted octanol–water partition coefficient (Wildman–Crippen LogP) is 2.00. The van der Waals surface area contributed by atoms with Crippen LogP contribution in [0.5, 0.6) is 0 Å². The Labute approximate surface area is 111 Å². The Morgan fingerprint density at radius 3 is 2.83 bits per heavy atom. The summed E-state index contributed by atoms with van der Waals surface area (Å²) in [5.41, 5.74) is 7.07. The number of amidine groups is 2. The van der Waals surface area contributed by atoms with Gasteiger partial charge in [-0.1, -0.05) is 0 Å². The molecule has 0 aliphatic heterocycles. The minimum Gasteiger partial charge on any atom is -0.382 e. The van der Waals surface area contributed by atoms with Gasteiger partial charge < -0.3 is 16.5 Å². The summed E-state index contributed by atoms with van der Waals surface area (Å²) in [6, 6.07) is 2.05. The van der Waals surface area contributed by atoms with Gasteiger partial charge in [-0.2, -0.15) is 11.3 Å². The van der Waals surface area contributed by atoms with Gasteiger partial charge in [0.25, 0.3) is 0 Å². The molecule has 0 fully saturated rings. The zero-order valence-electron chi connectivity index (χ0n) is 10.9. The van der Waals surface area contributed by atoms with Crippen LogP contribution in [-0.4, -0.2) is 23.5 Å². The first-order chi connectivity index (χ1) is 8.49. The summed E-state index contributed by atoms with van der Waals surface area (Å²) in [6.07, 6.45) is -0.184. The second kappa shape index (κ2) is 6.90. The number of nitrogens with zero attached hydrogens (tertiary/aromatic N) is 2. The third-order valence-electron chi connectivity index (χ3n) is 2.21. The number of nitrogens with two attached hydrogens (primary N) is 1. The Bertz CT molecular complexity index is 447. The van der Waals surface area contributed by atoms with Crippen molar-refractivity contribution in [2.45, 2.75) is 33.5 Å². The minimum atomic E-state index is -0.184. The molecule has 0 aliphatic rings. The lowest BCUT2D eigenvalue weighted by atomic mass is 10.3. The first-order valence-electron chi connectivity index (χ1n) is 5.66. The van der Waals surface area contributed by atoms with Crippen molar-refractivity contribution >= 4 is 28.7 Å². The molecule has 0 spiro atoms. The van der Waals surface area contributed by atoms with E-state index < -0.39 is 0 Å². The second-order valence-corrected chi connectivity index (χ2v) is 4.77. The summed E-state index contributed by atoms with van der Waals surface area (Å²) in [5.74, 6) is 1.06. The molecule has 1 atom stereocenters. The van der Waals surface area contributed by atoms with Crippen LogP contribution in [0.15, 0.2) is 26.8 Å². The second-order valence-electron chi connectivity index (χ2n) is 3.99. The van der Waals surface area contributed by atoms with Gasteiger partial charge in [-0.05, 0) is 43.2 Å². The summed E-state index contributed by atoms with van der Waals surface area (Å²) in [7, 11) is 0. The normalized spacial score (nSPS) is 14.4. The summed E-state index contributed by atoms with van der Waals surface area (Å²) >= 11 is 1.67. The highest BCUT2D eigenvalue weighted by Gasteiger charge is 2.02. The molecule has 1 heterocycles. The monoisotopic (exact) mass is 265 g/mol. The van der Waals surface area contributed by atoms with E-state index in [-0.39, 0.29) is 17.7 Å². The molecule has 98 valence electrons. The number of hydrogen-bond acceptors (Lipinski definition) is 4. The largest absolute Gasteiger partial charge is 0.382 e. The maximum absolute atomic E-state index is 7.34. The highest BCUT2D eigenvalue weighted by molar-refractivity contribution is 7.07. The highest BCUT2D eigenvalue weighted by atomic mass is 32.1. The van der Waals surface area contributed by atoms with Gasteiger partial charge in [-0.3, -0.25) is 4.99 Å². The molecule has 0 radical (unpaired) electrons. The zero-order valence-corrected chi connectivity index (χ0v) is 11.7. The van der Waals surface area contributed by atoms with Gasteiger partial charge in [0.2, 0.25) is 0 Å². The minimum absolute atomic E-state index is 0.184. The molecular weight excluding hydrogens is 246 g/mol. The van der Waals surface area contributed by atoms with E-state index in [4.69, 9.17) is 11.1 Å². The molecular formula is C12H19N5S. The van der Waals surface area contributed by atoms with Crippen molar-refractivity contribution in [2.75, 3.05) is 0 Å². The van der Waals surface area contributed by atoms with Gasteiger partial charge >= 0.3 is 0 Å². The molecule has 0 aliphatic carbocycles. The first kappa shape index (κ1) is 14.4. The van der Waals surface area contributed by atoms with Crippen molar-refractivity contribution in [3.05, 3.63) is 22.4 Å². The molecule has 6 heteroatoms. The lowest BCUT2D eigenvalue weighted by Gasteiger charge is -2.11. The molecule has 1 rings (SSSR count). The summed E-state index contributed by atoms with van der Waals surface area (Å²) in [5, 5.41) is 14.6. The van der Waals surface area contributed by atoms with Crippen LogP contribution >= 0.6 is 11.3 Å². The third-order valence-corrected chi connectivity index (χ3v) is 2.95. The number of thiophene rings is 1.